The molecular weight excluding hydrogens is 264 g/mol. The van der Waals surface area contributed by atoms with Gasteiger partial charge in [0, 0.05) is 12.6 Å². The molecule has 1 aliphatic heterocycles. The fraction of sp³-hybridized carbons (Fsp3) is 0.154. The number of hydrogen-bond donors (Lipinski definition) is 2. The number of para-hydroxylation sites is 1. The predicted octanol–water partition coefficient (Wildman–Crippen LogP) is 0.492. The summed E-state index contributed by atoms with van der Waals surface area (Å²) in [7, 11) is 2.64. The Morgan fingerprint density at radius 2 is 2.00 bits per heavy atom. The Kier molecular flexibility index (Phi) is 3.43. The van der Waals surface area contributed by atoms with E-state index in [0.29, 0.717) is 0 Å². The molecule has 1 saturated heterocycles. The minimum Gasteiger partial charge on any atom is -0.504 e. The predicted molar refractivity (Wildman–Crippen MR) is 68.9 cm³/mol. The van der Waals surface area contributed by atoms with Gasteiger partial charge in [-0.3, -0.25) is 19.8 Å². The smallest absolute Gasteiger partial charge is 0.331 e. The van der Waals surface area contributed by atoms with E-state index in [1.165, 1.54) is 32.4 Å². The maximum atomic E-state index is 11.9. The standard InChI is InChI=1S/C13H12N2O5/c1-15-12(18)8(11(17)14-13(15)19)6-7-4-3-5-9(20-2)10(7)16/h3-6,16H,1-2H3,(H,14,17,19). The second kappa shape index (κ2) is 5.04. The van der Waals surface area contributed by atoms with E-state index in [9.17, 15) is 19.5 Å². The lowest BCUT2D eigenvalue weighted by atomic mass is 10.1. The van der Waals surface area contributed by atoms with Gasteiger partial charge in [0.1, 0.15) is 5.57 Å². The number of benzene rings is 1. The number of nitrogens with zero attached hydrogens (tertiary/aromatic N) is 1. The van der Waals surface area contributed by atoms with Gasteiger partial charge in [0.2, 0.25) is 0 Å². The van der Waals surface area contributed by atoms with Crippen molar-refractivity contribution < 1.29 is 24.2 Å². The Morgan fingerprint density at radius 1 is 1.30 bits per heavy atom. The van der Waals surface area contributed by atoms with Crippen molar-refractivity contribution in [3.05, 3.63) is 29.3 Å². The summed E-state index contributed by atoms with van der Waals surface area (Å²) in [6.45, 7) is 0. The van der Waals surface area contributed by atoms with Crippen molar-refractivity contribution in [2.24, 2.45) is 0 Å². The van der Waals surface area contributed by atoms with Crippen LogP contribution in [0.4, 0.5) is 4.79 Å². The maximum absolute atomic E-state index is 11.9. The number of urea groups is 1. The summed E-state index contributed by atoms with van der Waals surface area (Å²) in [5.74, 6) is -1.52. The molecule has 0 aromatic heterocycles. The number of phenols is 1. The molecule has 104 valence electrons. The number of nitrogens with one attached hydrogen (secondary N) is 1. The van der Waals surface area contributed by atoms with Crippen LogP contribution >= 0.6 is 0 Å². The third-order valence-corrected chi connectivity index (χ3v) is 2.85. The van der Waals surface area contributed by atoms with Gasteiger partial charge in [-0.15, -0.1) is 0 Å². The fourth-order valence-corrected chi connectivity index (χ4v) is 1.72. The highest BCUT2D eigenvalue weighted by Gasteiger charge is 2.33. The average Bonchev–Trinajstić information content (AvgIpc) is 2.43. The van der Waals surface area contributed by atoms with Gasteiger partial charge in [-0.25, -0.2) is 4.79 Å². The van der Waals surface area contributed by atoms with Gasteiger partial charge in [0.05, 0.1) is 7.11 Å². The van der Waals surface area contributed by atoms with Crippen molar-refractivity contribution in [3.63, 3.8) is 0 Å². The molecule has 0 saturated carbocycles. The van der Waals surface area contributed by atoms with Gasteiger partial charge in [0.25, 0.3) is 11.8 Å². The summed E-state index contributed by atoms with van der Waals surface area (Å²) in [5, 5.41) is 11.9. The number of barbiturate groups is 1. The zero-order valence-electron chi connectivity index (χ0n) is 10.8. The number of rotatable bonds is 2. The van der Waals surface area contributed by atoms with Gasteiger partial charge in [0.15, 0.2) is 11.5 Å². The molecule has 1 fully saturated rings. The fourth-order valence-electron chi connectivity index (χ4n) is 1.72. The van der Waals surface area contributed by atoms with Crippen LogP contribution in [0.3, 0.4) is 0 Å². The normalized spacial score (nSPS) is 17.4. The molecule has 0 atom stereocenters. The summed E-state index contributed by atoms with van der Waals surface area (Å²) in [6, 6.07) is 3.87. The molecule has 1 aliphatic rings. The van der Waals surface area contributed by atoms with Gasteiger partial charge in [-0.2, -0.15) is 0 Å². The number of ether oxygens (including phenoxy) is 1. The number of carbonyl (C=O) groups is 3. The number of imide groups is 2. The second-order valence-corrected chi connectivity index (χ2v) is 4.08. The molecule has 0 unspecified atom stereocenters. The van der Waals surface area contributed by atoms with Crippen molar-refractivity contribution in [1.82, 2.24) is 10.2 Å². The first-order chi connectivity index (χ1) is 9.45. The van der Waals surface area contributed by atoms with Crippen molar-refractivity contribution in [1.29, 1.82) is 0 Å². The minimum absolute atomic E-state index is 0.192. The van der Waals surface area contributed by atoms with E-state index in [4.69, 9.17) is 4.74 Å². The molecule has 0 aliphatic carbocycles. The first kappa shape index (κ1) is 13.6. The number of methoxy groups -OCH3 is 1. The lowest BCUT2D eigenvalue weighted by Crippen LogP contribution is -2.52. The summed E-state index contributed by atoms with van der Waals surface area (Å²) in [4.78, 5) is 35.6. The average molecular weight is 276 g/mol. The SMILES string of the molecule is COc1cccc(C=C2C(=O)NC(=O)N(C)C2=O)c1O. The summed E-state index contributed by atoms with van der Waals surface area (Å²) in [6.07, 6.45) is 1.21. The highest BCUT2D eigenvalue weighted by atomic mass is 16.5. The van der Waals surface area contributed by atoms with E-state index >= 15 is 0 Å². The molecule has 20 heavy (non-hydrogen) atoms. The molecule has 0 radical (unpaired) electrons. The summed E-state index contributed by atoms with van der Waals surface area (Å²) < 4.78 is 4.94. The molecule has 2 N–H and O–H groups in total. The molecular formula is C13H12N2O5. The number of hydrogen-bond acceptors (Lipinski definition) is 5. The third-order valence-electron chi connectivity index (χ3n) is 2.85. The Balaban J connectivity index is 2.47. The molecule has 1 heterocycles. The Hall–Kier alpha value is -2.83. The van der Waals surface area contributed by atoms with Crippen molar-refractivity contribution >= 4 is 23.9 Å². The van der Waals surface area contributed by atoms with Crippen LogP contribution in [-0.2, 0) is 9.59 Å². The Bertz CT molecular complexity index is 636. The van der Waals surface area contributed by atoms with E-state index in [1.54, 1.807) is 6.07 Å². The van der Waals surface area contributed by atoms with Crippen LogP contribution in [0, 0.1) is 0 Å². The Labute approximate surface area is 114 Å². The number of aromatic hydroxyl groups is 1. The lowest BCUT2D eigenvalue weighted by molar-refractivity contribution is -0.129. The number of likely N-dealkylation sites (N-methyl/N-ethyl adjacent to an activating group) is 1. The van der Waals surface area contributed by atoms with Gasteiger partial charge in [-0.1, -0.05) is 12.1 Å². The van der Waals surface area contributed by atoms with Gasteiger partial charge >= 0.3 is 6.03 Å². The second-order valence-electron chi connectivity index (χ2n) is 4.08. The van der Waals surface area contributed by atoms with E-state index in [2.05, 4.69) is 0 Å². The molecule has 2 rings (SSSR count). The van der Waals surface area contributed by atoms with Crippen LogP contribution in [0.15, 0.2) is 23.8 Å². The van der Waals surface area contributed by atoms with Crippen LogP contribution in [-0.4, -0.2) is 42.0 Å². The largest absolute Gasteiger partial charge is 0.504 e. The molecule has 7 heteroatoms. The molecule has 4 amide bonds. The van der Waals surface area contributed by atoms with Crippen molar-refractivity contribution in [2.75, 3.05) is 14.2 Å². The maximum Gasteiger partial charge on any atom is 0.331 e. The molecule has 1 aromatic rings. The number of carbonyl (C=O) groups excluding carboxylic acids is 3. The highest BCUT2D eigenvalue weighted by molar-refractivity contribution is 6.30. The number of phenolic OH excluding ortho intramolecular Hbond substituents is 1. The Morgan fingerprint density at radius 3 is 2.65 bits per heavy atom. The lowest BCUT2D eigenvalue weighted by Gasteiger charge is -2.22. The zero-order valence-corrected chi connectivity index (χ0v) is 10.8. The zero-order chi connectivity index (χ0) is 14.9. The van der Waals surface area contributed by atoms with Gasteiger partial charge < -0.3 is 9.84 Å². The molecule has 0 spiro atoms. The summed E-state index contributed by atoms with van der Waals surface area (Å²) >= 11 is 0. The third kappa shape index (κ3) is 2.20. The van der Waals surface area contributed by atoms with E-state index in [0.717, 1.165) is 4.90 Å². The molecule has 0 bridgehead atoms. The van der Waals surface area contributed by atoms with Crippen LogP contribution in [0.25, 0.3) is 6.08 Å². The van der Waals surface area contributed by atoms with Gasteiger partial charge in [-0.05, 0) is 12.1 Å². The molecule has 1 aromatic carbocycles. The summed E-state index contributed by atoms with van der Waals surface area (Å²) in [5.41, 5.74) is 0.00116. The number of amides is 4. The van der Waals surface area contributed by atoms with Crippen LogP contribution in [0.1, 0.15) is 5.56 Å². The monoisotopic (exact) mass is 276 g/mol. The van der Waals surface area contributed by atoms with Crippen LogP contribution in [0.5, 0.6) is 11.5 Å². The van der Waals surface area contributed by atoms with E-state index in [1.807, 2.05) is 5.32 Å². The topological polar surface area (TPSA) is 95.9 Å². The van der Waals surface area contributed by atoms with Crippen molar-refractivity contribution in [2.45, 2.75) is 0 Å². The minimum atomic E-state index is -0.805. The first-order valence-electron chi connectivity index (χ1n) is 5.66. The quantitative estimate of drug-likeness (QED) is 0.605. The van der Waals surface area contributed by atoms with Crippen LogP contribution < -0.4 is 10.1 Å². The van der Waals surface area contributed by atoms with Crippen molar-refractivity contribution in [3.8, 4) is 11.5 Å². The highest BCUT2D eigenvalue weighted by Crippen LogP contribution is 2.31. The van der Waals surface area contributed by atoms with E-state index in [-0.39, 0.29) is 22.6 Å². The van der Waals surface area contributed by atoms with Crippen LogP contribution in [0.2, 0.25) is 0 Å². The van der Waals surface area contributed by atoms with E-state index < -0.39 is 17.8 Å². The molecule has 7 nitrogen and oxygen atoms in total. The first-order valence-corrected chi connectivity index (χ1v) is 5.66.